The minimum Gasteiger partial charge on any atom is -0.467 e. The van der Waals surface area contributed by atoms with Crippen LogP contribution in [-0.2, 0) is 14.3 Å². The van der Waals surface area contributed by atoms with Gasteiger partial charge in [-0.25, -0.2) is 4.79 Å². The van der Waals surface area contributed by atoms with Gasteiger partial charge >= 0.3 is 5.97 Å². The highest BCUT2D eigenvalue weighted by Crippen LogP contribution is 2.20. The fraction of sp³-hybridized carbons (Fsp3) is 0.714. The van der Waals surface area contributed by atoms with Crippen LogP contribution in [0.2, 0.25) is 0 Å². The van der Waals surface area contributed by atoms with E-state index in [4.69, 9.17) is 0 Å². The van der Waals surface area contributed by atoms with Gasteiger partial charge in [-0.15, -0.1) is 0 Å². The van der Waals surface area contributed by atoms with Gasteiger partial charge in [-0.2, -0.15) is 0 Å². The molecule has 0 aromatic heterocycles. The minimum absolute atomic E-state index is 0.0680. The molecule has 0 spiro atoms. The molecular formula is C7H11NO4. The van der Waals surface area contributed by atoms with E-state index in [9.17, 15) is 14.7 Å². The van der Waals surface area contributed by atoms with Crippen LogP contribution in [0.3, 0.4) is 0 Å². The van der Waals surface area contributed by atoms with E-state index in [0.29, 0.717) is 0 Å². The molecule has 0 aromatic carbocycles. The van der Waals surface area contributed by atoms with Crippen molar-refractivity contribution >= 4 is 11.9 Å². The summed E-state index contributed by atoms with van der Waals surface area (Å²) in [5.74, 6) is -1.06. The number of carbonyl (C=O) groups is 2. The lowest BCUT2D eigenvalue weighted by Gasteiger charge is -2.10. The smallest absolute Gasteiger partial charge is 0.328 e. The topological polar surface area (TPSA) is 75.6 Å². The fourth-order valence-corrected chi connectivity index (χ4v) is 1.14. The maximum Gasteiger partial charge on any atom is 0.328 e. The van der Waals surface area contributed by atoms with Crippen LogP contribution in [0.1, 0.15) is 13.3 Å². The maximum atomic E-state index is 11.0. The van der Waals surface area contributed by atoms with Crippen LogP contribution in [-0.4, -0.2) is 35.7 Å². The van der Waals surface area contributed by atoms with Crippen LogP contribution in [0.4, 0.5) is 0 Å². The first-order chi connectivity index (χ1) is 5.47. The van der Waals surface area contributed by atoms with Gasteiger partial charge in [0.15, 0.2) is 0 Å². The molecule has 1 heterocycles. The number of hydrogen-bond acceptors (Lipinski definition) is 4. The summed E-state index contributed by atoms with van der Waals surface area (Å²) in [5.41, 5.74) is -1.45. The molecule has 0 bridgehead atoms. The molecule has 0 radical (unpaired) electrons. The minimum atomic E-state index is -1.45. The molecule has 1 unspecified atom stereocenters. The Hall–Kier alpha value is -1.10. The normalized spacial score (nSPS) is 34.6. The highest BCUT2D eigenvalue weighted by atomic mass is 16.5. The molecule has 12 heavy (non-hydrogen) atoms. The molecule has 68 valence electrons. The molecule has 0 aromatic rings. The lowest BCUT2D eigenvalue weighted by Crippen LogP contribution is -2.36. The fourth-order valence-electron chi connectivity index (χ4n) is 1.14. The van der Waals surface area contributed by atoms with Gasteiger partial charge in [0.2, 0.25) is 0 Å². The predicted molar refractivity (Wildman–Crippen MR) is 39.2 cm³/mol. The molecule has 1 aliphatic rings. The van der Waals surface area contributed by atoms with Gasteiger partial charge in [0, 0.05) is 6.42 Å². The van der Waals surface area contributed by atoms with E-state index in [-0.39, 0.29) is 6.42 Å². The molecule has 1 saturated heterocycles. The second-order valence-corrected chi connectivity index (χ2v) is 3.03. The highest BCUT2D eigenvalue weighted by Gasteiger charge is 2.44. The largest absolute Gasteiger partial charge is 0.467 e. The van der Waals surface area contributed by atoms with Gasteiger partial charge in [-0.3, -0.25) is 4.79 Å². The Bertz CT molecular complexity index is 223. The van der Waals surface area contributed by atoms with Crippen LogP contribution >= 0.6 is 0 Å². The highest BCUT2D eigenvalue weighted by molar-refractivity contribution is 5.93. The van der Waals surface area contributed by atoms with Gasteiger partial charge in [-0.1, -0.05) is 0 Å². The van der Waals surface area contributed by atoms with Crippen molar-refractivity contribution < 1.29 is 19.4 Å². The predicted octanol–water partition coefficient (Wildman–Crippen LogP) is -1.20. The summed E-state index contributed by atoms with van der Waals surface area (Å²) in [6.45, 7) is 1.37. The number of methoxy groups -OCH3 is 1. The van der Waals surface area contributed by atoms with Gasteiger partial charge in [0.1, 0.15) is 11.6 Å². The molecule has 2 atom stereocenters. The second-order valence-electron chi connectivity index (χ2n) is 3.03. The van der Waals surface area contributed by atoms with Crippen molar-refractivity contribution in [1.29, 1.82) is 0 Å². The molecule has 1 aliphatic heterocycles. The standard InChI is InChI=1S/C7H11NO4/c1-7(11)3-4(5(9)12-2)8-6(7)10/h4,11H,3H2,1-2H3,(H,8,10)/t4-,7?/m0/s1. The Labute approximate surface area is 69.7 Å². The van der Waals surface area contributed by atoms with E-state index in [0.717, 1.165) is 0 Å². The van der Waals surface area contributed by atoms with Crippen LogP contribution in [0, 0.1) is 0 Å². The molecular weight excluding hydrogens is 162 g/mol. The van der Waals surface area contributed by atoms with Crippen molar-refractivity contribution in [2.75, 3.05) is 7.11 Å². The number of amides is 1. The Morgan fingerprint density at radius 1 is 1.83 bits per heavy atom. The van der Waals surface area contributed by atoms with Crippen molar-refractivity contribution in [1.82, 2.24) is 5.32 Å². The molecule has 0 saturated carbocycles. The Morgan fingerprint density at radius 3 is 2.75 bits per heavy atom. The molecule has 5 nitrogen and oxygen atoms in total. The second kappa shape index (κ2) is 2.75. The van der Waals surface area contributed by atoms with E-state index in [2.05, 4.69) is 10.1 Å². The number of esters is 1. The van der Waals surface area contributed by atoms with Crippen molar-refractivity contribution in [3.05, 3.63) is 0 Å². The Morgan fingerprint density at radius 2 is 2.42 bits per heavy atom. The first-order valence-corrected chi connectivity index (χ1v) is 3.58. The zero-order chi connectivity index (χ0) is 9.35. The monoisotopic (exact) mass is 173 g/mol. The summed E-state index contributed by atoms with van der Waals surface area (Å²) < 4.78 is 4.41. The first kappa shape index (κ1) is 8.99. The van der Waals surface area contributed by atoms with E-state index < -0.39 is 23.5 Å². The zero-order valence-corrected chi connectivity index (χ0v) is 6.96. The SMILES string of the molecule is COC(=O)[C@@H]1CC(C)(O)C(=O)N1. The van der Waals surface area contributed by atoms with Gasteiger partial charge in [0.25, 0.3) is 5.91 Å². The Balaban J connectivity index is 2.67. The summed E-state index contributed by atoms with van der Waals surface area (Å²) >= 11 is 0. The summed E-state index contributed by atoms with van der Waals surface area (Å²) in [5, 5.41) is 11.7. The Kier molecular flexibility index (Phi) is 2.06. The van der Waals surface area contributed by atoms with Crippen LogP contribution in [0.15, 0.2) is 0 Å². The van der Waals surface area contributed by atoms with Crippen LogP contribution in [0.25, 0.3) is 0 Å². The average molecular weight is 173 g/mol. The maximum absolute atomic E-state index is 11.0. The number of rotatable bonds is 1. The third-order valence-electron chi connectivity index (χ3n) is 1.88. The van der Waals surface area contributed by atoms with E-state index in [1.54, 1.807) is 0 Å². The molecule has 1 fully saturated rings. The first-order valence-electron chi connectivity index (χ1n) is 3.58. The summed E-state index contributed by atoms with van der Waals surface area (Å²) in [7, 11) is 1.24. The number of ether oxygens (including phenoxy) is 1. The van der Waals surface area contributed by atoms with Gasteiger partial charge in [0.05, 0.1) is 7.11 Å². The summed E-state index contributed by atoms with van der Waals surface area (Å²) in [4.78, 5) is 21.9. The van der Waals surface area contributed by atoms with Crippen LogP contribution < -0.4 is 5.32 Å². The molecule has 1 rings (SSSR count). The zero-order valence-electron chi connectivity index (χ0n) is 6.96. The third-order valence-corrected chi connectivity index (χ3v) is 1.88. The summed E-state index contributed by atoms with van der Waals surface area (Å²) in [6, 6.07) is -0.711. The van der Waals surface area contributed by atoms with Gasteiger partial charge in [-0.05, 0) is 6.92 Å². The van der Waals surface area contributed by atoms with Gasteiger partial charge < -0.3 is 15.2 Å². The number of aliphatic hydroxyl groups is 1. The lowest BCUT2D eigenvalue weighted by atomic mass is 10.0. The molecule has 0 aliphatic carbocycles. The van der Waals surface area contributed by atoms with E-state index in [1.807, 2.05) is 0 Å². The number of hydrogen-bond donors (Lipinski definition) is 2. The molecule has 1 amide bonds. The lowest BCUT2D eigenvalue weighted by molar-refractivity contribution is -0.143. The number of nitrogens with one attached hydrogen (secondary N) is 1. The van der Waals surface area contributed by atoms with Crippen molar-refractivity contribution in [2.24, 2.45) is 0 Å². The van der Waals surface area contributed by atoms with Crippen molar-refractivity contribution in [3.8, 4) is 0 Å². The average Bonchev–Trinajstić information content (AvgIpc) is 2.25. The van der Waals surface area contributed by atoms with E-state index in [1.165, 1.54) is 14.0 Å². The van der Waals surface area contributed by atoms with Crippen molar-refractivity contribution in [3.63, 3.8) is 0 Å². The molecule has 5 heteroatoms. The third kappa shape index (κ3) is 1.40. The van der Waals surface area contributed by atoms with E-state index >= 15 is 0 Å². The molecule has 2 N–H and O–H groups in total. The quantitative estimate of drug-likeness (QED) is 0.488. The van der Waals surface area contributed by atoms with Crippen molar-refractivity contribution in [2.45, 2.75) is 25.0 Å². The summed E-state index contributed by atoms with van der Waals surface area (Å²) in [6.07, 6.45) is 0.0680. The van der Waals surface area contributed by atoms with Crippen LogP contribution in [0.5, 0.6) is 0 Å². The number of carbonyl (C=O) groups excluding carboxylic acids is 2.